The summed E-state index contributed by atoms with van der Waals surface area (Å²) in [5.41, 5.74) is 1.08. The molecular formula is C16H22N2O3. The van der Waals surface area contributed by atoms with Crippen molar-refractivity contribution in [3.63, 3.8) is 0 Å². The van der Waals surface area contributed by atoms with Crippen LogP contribution in [0.25, 0.3) is 0 Å². The Labute approximate surface area is 124 Å². The van der Waals surface area contributed by atoms with Gasteiger partial charge in [0.1, 0.15) is 6.04 Å². The SMILES string of the molecule is O=C(N[C@@H](CCc1ccccc1)C(=O)O)[C@H]1CCCNC1. The van der Waals surface area contributed by atoms with Crippen LogP contribution in [0.2, 0.25) is 0 Å². The zero-order valence-corrected chi connectivity index (χ0v) is 12.0. The van der Waals surface area contributed by atoms with Crippen LogP contribution >= 0.6 is 0 Å². The third-order valence-electron chi connectivity index (χ3n) is 3.85. The van der Waals surface area contributed by atoms with Crippen molar-refractivity contribution in [2.45, 2.75) is 31.7 Å². The lowest BCUT2D eigenvalue weighted by Crippen LogP contribution is -2.47. The molecule has 1 aliphatic heterocycles. The summed E-state index contributed by atoms with van der Waals surface area (Å²) in [5, 5.41) is 15.1. The molecule has 2 rings (SSSR count). The first-order valence-corrected chi connectivity index (χ1v) is 7.44. The highest BCUT2D eigenvalue weighted by Crippen LogP contribution is 2.11. The highest BCUT2D eigenvalue weighted by atomic mass is 16.4. The van der Waals surface area contributed by atoms with Crippen LogP contribution in [-0.4, -0.2) is 36.1 Å². The van der Waals surface area contributed by atoms with E-state index >= 15 is 0 Å². The third-order valence-corrected chi connectivity index (χ3v) is 3.85. The summed E-state index contributed by atoms with van der Waals surface area (Å²) in [6.45, 7) is 1.57. The lowest BCUT2D eigenvalue weighted by atomic mass is 9.97. The molecule has 0 bridgehead atoms. The van der Waals surface area contributed by atoms with E-state index in [1.165, 1.54) is 0 Å². The van der Waals surface area contributed by atoms with E-state index < -0.39 is 12.0 Å². The predicted molar refractivity (Wildman–Crippen MR) is 79.9 cm³/mol. The number of hydrogen-bond donors (Lipinski definition) is 3. The van der Waals surface area contributed by atoms with Crippen molar-refractivity contribution in [3.05, 3.63) is 35.9 Å². The van der Waals surface area contributed by atoms with Gasteiger partial charge in [-0.1, -0.05) is 30.3 Å². The zero-order chi connectivity index (χ0) is 15.1. The number of carboxylic acid groups (broad SMARTS) is 1. The van der Waals surface area contributed by atoms with Crippen molar-refractivity contribution in [2.75, 3.05) is 13.1 Å². The summed E-state index contributed by atoms with van der Waals surface area (Å²) in [4.78, 5) is 23.4. The minimum Gasteiger partial charge on any atom is -0.480 e. The van der Waals surface area contributed by atoms with Gasteiger partial charge in [-0.25, -0.2) is 4.79 Å². The third kappa shape index (κ3) is 4.86. The molecule has 1 fully saturated rings. The average molecular weight is 290 g/mol. The number of carbonyl (C=O) groups is 2. The molecule has 0 spiro atoms. The smallest absolute Gasteiger partial charge is 0.326 e. The largest absolute Gasteiger partial charge is 0.480 e. The maximum Gasteiger partial charge on any atom is 0.326 e. The van der Waals surface area contributed by atoms with Crippen molar-refractivity contribution in [3.8, 4) is 0 Å². The molecule has 1 aromatic carbocycles. The quantitative estimate of drug-likeness (QED) is 0.735. The summed E-state index contributed by atoms with van der Waals surface area (Å²) in [7, 11) is 0. The molecule has 0 unspecified atom stereocenters. The van der Waals surface area contributed by atoms with Crippen LogP contribution in [0.4, 0.5) is 0 Å². The molecule has 1 aliphatic rings. The van der Waals surface area contributed by atoms with E-state index in [0.717, 1.165) is 24.9 Å². The zero-order valence-electron chi connectivity index (χ0n) is 12.0. The van der Waals surface area contributed by atoms with Gasteiger partial charge in [-0.15, -0.1) is 0 Å². The maximum atomic E-state index is 12.1. The lowest BCUT2D eigenvalue weighted by molar-refractivity contribution is -0.142. The van der Waals surface area contributed by atoms with Gasteiger partial charge in [0.25, 0.3) is 0 Å². The summed E-state index contributed by atoms with van der Waals surface area (Å²) < 4.78 is 0. The molecule has 1 heterocycles. The summed E-state index contributed by atoms with van der Waals surface area (Å²) in [6.07, 6.45) is 2.83. The van der Waals surface area contributed by atoms with Crippen LogP contribution in [0.5, 0.6) is 0 Å². The highest BCUT2D eigenvalue weighted by molar-refractivity contribution is 5.85. The average Bonchev–Trinajstić information content (AvgIpc) is 2.52. The second-order valence-electron chi connectivity index (χ2n) is 5.47. The van der Waals surface area contributed by atoms with Crippen molar-refractivity contribution >= 4 is 11.9 Å². The number of nitrogens with one attached hydrogen (secondary N) is 2. The van der Waals surface area contributed by atoms with Crippen molar-refractivity contribution < 1.29 is 14.7 Å². The highest BCUT2D eigenvalue weighted by Gasteiger charge is 2.26. The van der Waals surface area contributed by atoms with E-state index in [1.807, 2.05) is 30.3 Å². The fourth-order valence-corrected chi connectivity index (χ4v) is 2.58. The molecule has 3 N–H and O–H groups in total. The van der Waals surface area contributed by atoms with E-state index in [1.54, 1.807) is 0 Å². The van der Waals surface area contributed by atoms with Gasteiger partial charge in [-0.05, 0) is 37.8 Å². The first kappa shape index (κ1) is 15.5. The monoisotopic (exact) mass is 290 g/mol. The van der Waals surface area contributed by atoms with Gasteiger partial charge in [0.15, 0.2) is 0 Å². The molecule has 1 amide bonds. The first-order chi connectivity index (χ1) is 10.2. The first-order valence-electron chi connectivity index (χ1n) is 7.44. The van der Waals surface area contributed by atoms with E-state index in [2.05, 4.69) is 10.6 Å². The summed E-state index contributed by atoms with van der Waals surface area (Å²) in [6, 6.07) is 8.89. The van der Waals surface area contributed by atoms with Crippen LogP contribution in [0.3, 0.4) is 0 Å². The Balaban J connectivity index is 1.86. The molecule has 1 saturated heterocycles. The molecule has 5 heteroatoms. The predicted octanol–water partition coefficient (Wildman–Crippen LogP) is 1.19. The number of carboxylic acids is 1. The number of benzene rings is 1. The Morgan fingerprint density at radius 3 is 2.71 bits per heavy atom. The van der Waals surface area contributed by atoms with Crippen molar-refractivity contribution in [1.29, 1.82) is 0 Å². The topological polar surface area (TPSA) is 78.4 Å². The van der Waals surface area contributed by atoms with E-state index in [0.29, 0.717) is 19.4 Å². The molecule has 0 saturated carbocycles. The van der Waals surface area contributed by atoms with Gasteiger partial charge in [0.2, 0.25) is 5.91 Å². The van der Waals surface area contributed by atoms with Crippen LogP contribution < -0.4 is 10.6 Å². The lowest BCUT2D eigenvalue weighted by Gasteiger charge is -2.24. The fourth-order valence-electron chi connectivity index (χ4n) is 2.58. The minimum atomic E-state index is -0.969. The Kier molecular flexibility index (Phi) is 5.75. The Morgan fingerprint density at radius 1 is 1.33 bits per heavy atom. The fraction of sp³-hybridized carbons (Fsp3) is 0.500. The second-order valence-corrected chi connectivity index (χ2v) is 5.47. The number of rotatable bonds is 6. The molecule has 21 heavy (non-hydrogen) atoms. The van der Waals surface area contributed by atoms with Gasteiger partial charge in [0, 0.05) is 6.54 Å². The molecule has 0 radical (unpaired) electrons. The van der Waals surface area contributed by atoms with Crippen LogP contribution in [0.1, 0.15) is 24.8 Å². The number of piperidine rings is 1. The minimum absolute atomic E-state index is 0.114. The van der Waals surface area contributed by atoms with Gasteiger partial charge in [-0.2, -0.15) is 0 Å². The molecule has 0 aliphatic carbocycles. The van der Waals surface area contributed by atoms with Crippen LogP contribution in [0.15, 0.2) is 30.3 Å². The summed E-state index contributed by atoms with van der Waals surface area (Å²) in [5.74, 6) is -1.23. The number of hydrogen-bond acceptors (Lipinski definition) is 3. The standard InChI is InChI=1S/C16H22N2O3/c19-15(13-7-4-10-17-11-13)18-14(16(20)21)9-8-12-5-2-1-3-6-12/h1-3,5-6,13-14,17H,4,7-11H2,(H,18,19)(H,20,21)/t13-,14-/m0/s1. The molecule has 1 aromatic rings. The van der Waals surface area contributed by atoms with Crippen LogP contribution in [0, 0.1) is 5.92 Å². The second kappa shape index (κ2) is 7.78. The van der Waals surface area contributed by atoms with Crippen LogP contribution in [-0.2, 0) is 16.0 Å². The van der Waals surface area contributed by atoms with Gasteiger partial charge in [0.05, 0.1) is 5.92 Å². The molecular weight excluding hydrogens is 268 g/mol. The number of aliphatic carboxylic acids is 1. The van der Waals surface area contributed by atoms with Gasteiger partial charge >= 0.3 is 5.97 Å². The molecule has 2 atom stereocenters. The summed E-state index contributed by atoms with van der Waals surface area (Å²) >= 11 is 0. The molecule has 114 valence electrons. The van der Waals surface area contributed by atoms with E-state index in [4.69, 9.17) is 0 Å². The van der Waals surface area contributed by atoms with E-state index in [9.17, 15) is 14.7 Å². The van der Waals surface area contributed by atoms with Crippen molar-refractivity contribution in [1.82, 2.24) is 10.6 Å². The maximum absolute atomic E-state index is 12.1. The Bertz CT molecular complexity index is 470. The normalized spacial score (nSPS) is 19.7. The Morgan fingerprint density at radius 2 is 2.10 bits per heavy atom. The number of amides is 1. The van der Waals surface area contributed by atoms with Gasteiger partial charge in [-0.3, -0.25) is 4.79 Å². The molecule has 5 nitrogen and oxygen atoms in total. The number of aryl methyl sites for hydroxylation is 1. The Hall–Kier alpha value is -1.88. The van der Waals surface area contributed by atoms with E-state index in [-0.39, 0.29) is 11.8 Å². The molecule has 0 aromatic heterocycles. The van der Waals surface area contributed by atoms with Crippen molar-refractivity contribution in [2.24, 2.45) is 5.92 Å². The van der Waals surface area contributed by atoms with Gasteiger partial charge < -0.3 is 15.7 Å². The number of carbonyl (C=O) groups excluding carboxylic acids is 1.